The van der Waals surface area contributed by atoms with E-state index in [1.165, 1.54) is 6.42 Å². The fraction of sp³-hybridized carbons (Fsp3) is 0.412. The number of piperidine rings is 1. The summed E-state index contributed by atoms with van der Waals surface area (Å²) in [7, 11) is -0.0209. The second kappa shape index (κ2) is 7.95. The van der Waals surface area contributed by atoms with Crippen LogP contribution in [-0.4, -0.2) is 45.6 Å². The second-order valence-corrected chi connectivity index (χ2v) is 9.34. The van der Waals surface area contributed by atoms with E-state index in [0.29, 0.717) is 17.5 Å². The van der Waals surface area contributed by atoms with Crippen molar-refractivity contribution in [3.8, 4) is 0 Å². The second-order valence-electron chi connectivity index (χ2n) is 6.41. The summed E-state index contributed by atoms with van der Waals surface area (Å²) < 4.78 is 28.9. The minimum atomic E-state index is -3.70. The number of benzene rings is 1. The molecule has 0 unspecified atom stereocenters. The van der Waals surface area contributed by atoms with Gasteiger partial charge in [-0.25, -0.2) is 13.4 Å². The molecule has 1 aromatic heterocycles. The van der Waals surface area contributed by atoms with Crippen LogP contribution in [0.4, 0.5) is 17.5 Å². The van der Waals surface area contributed by atoms with E-state index in [9.17, 15) is 8.42 Å². The molecule has 1 N–H and O–H groups in total. The number of nitrogens with one attached hydrogen (secondary N) is 1. The molecule has 0 atom stereocenters. The monoisotopic (exact) mass is 487 g/mol. The van der Waals surface area contributed by atoms with Crippen LogP contribution in [0.1, 0.15) is 19.3 Å². The predicted octanol–water partition coefficient (Wildman–Crippen LogP) is 2.94. The van der Waals surface area contributed by atoms with Gasteiger partial charge in [-0.2, -0.15) is 4.98 Å². The summed E-state index contributed by atoms with van der Waals surface area (Å²) in [5.74, 6) is 1.19. The molecule has 1 aliphatic heterocycles. The lowest BCUT2D eigenvalue weighted by Crippen LogP contribution is -2.31. The van der Waals surface area contributed by atoms with E-state index in [0.717, 1.165) is 29.5 Å². The molecule has 3 rings (SSSR count). The molecule has 7 nitrogen and oxygen atoms in total. The normalized spacial score (nSPS) is 15.0. The Morgan fingerprint density at radius 2 is 1.77 bits per heavy atom. The van der Waals surface area contributed by atoms with Crippen molar-refractivity contribution < 1.29 is 8.42 Å². The molecule has 26 heavy (non-hydrogen) atoms. The molecule has 0 amide bonds. The molecular weight excluding hydrogens is 465 g/mol. The van der Waals surface area contributed by atoms with Crippen LogP contribution in [-0.2, 0) is 10.0 Å². The number of rotatable bonds is 5. The van der Waals surface area contributed by atoms with Gasteiger partial charge in [0.25, 0.3) is 10.0 Å². The first-order valence-corrected chi connectivity index (χ1v) is 11.0. The summed E-state index contributed by atoms with van der Waals surface area (Å²) in [6.45, 7) is 1.86. The zero-order chi connectivity index (χ0) is 18.7. The zero-order valence-electron chi connectivity index (χ0n) is 14.8. The van der Waals surface area contributed by atoms with Crippen LogP contribution < -0.4 is 14.5 Å². The summed E-state index contributed by atoms with van der Waals surface area (Å²) in [4.78, 5) is 13.1. The summed E-state index contributed by atoms with van der Waals surface area (Å²) in [6.07, 6.45) is 5.03. The molecule has 140 valence electrons. The largest absolute Gasteiger partial charge is 0.361 e. The third-order valence-electron chi connectivity index (χ3n) is 4.19. The van der Waals surface area contributed by atoms with Crippen molar-refractivity contribution >= 4 is 50.1 Å². The number of sulfonamides is 1. The van der Waals surface area contributed by atoms with Crippen LogP contribution in [0.5, 0.6) is 0 Å². The summed E-state index contributed by atoms with van der Waals surface area (Å²) in [6, 6.07) is 6.70. The van der Waals surface area contributed by atoms with Crippen molar-refractivity contribution in [1.29, 1.82) is 0 Å². The smallest absolute Gasteiger partial charge is 0.262 e. The van der Waals surface area contributed by atoms with E-state index in [1.807, 2.05) is 14.1 Å². The lowest BCUT2D eigenvalue weighted by Gasteiger charge is -2.28. The van der Waals surface area contributed by atoms with Crippen molar-refractivity contribution in [2.75, 3.05) is 41.7 Å². The highest BCUT2D eigenvalue weighted by Gasteiger charge is 2.20. The van der Waals surface area contributed by atoms with Gasteiger partial charge in [0.05, 0.1) is 11.1 Å². The average molecular weight is 487 g/mol. The van der Waals surface area contributed by atoms with Crippen LogP contribution in [0.2, 0.25) is 0 Å². The van der Waals surface area contributed by atoms with Gasteiger partial charge in [-0.15, -0.1) is 0 Å². The lowest BCUT2D eigenvalue weighted by atomic mass is 10.1. The highest BCUT2D eigenvalue weighted by atomic mass is 127. The van der Waals surface area contributed by atoms with Gasteiger partial charge in [0.15, 0.2) is 5.82 Å². The predicted molar refractivity (Wildman–Crippen MR) is 112 cm³/mol. The standard InChI is InChI=1S/C17H22IN5O2S/c1-22(2)16-15(12-19-17(20-16)23-10-4-3-5-11-23)21-26(24,25)14-8-6-13(18)7-9-14/h6-9,12,21H,3-5,10-11H2,1-2H3. The number of hydrogen-bond donors (Lipinski definition) is 1. The Bertz CT molecular complexity index is 865. The number of hydrogen-bond acceptors (Lipinski definition) is 6. The lowest BCUT2D eigenvalue weighted by molar-refractivity contribution is 0.568. The van der Waals surface area contributed by atoms with E-state index >= 15 is 0 Å². The summed E-state index contributed by atoms with van der Waals surface area (Å²) in [5, 5.41) is 0. The van der Waals surface area contributed by atoms with Crippen LogP contribution in [0, 0.1) is 3.57 Å². The molecule has 0 spiro atoms. The molecule has 0 bridgehead atoms. The molecule has 1 saturated heterocycles. The third-order valence-corrected chi connectivity index (χ3v) is 6.29. The van der Waals surface area contributed by atoms with Gasteiger partial charge in [0, 0.05) is 30.8 Å². The van der Waals surface area contributed by atoms with Crippen molar-refractivity contribution in [3.63, 3.8) is 0 Å². The summed E-state index contributed by atoms with van der Waals surface area (Å²) in [5.41, 5.74) is 0.370. The number of nitrogens with zero attached hydrogens (tertiary/aromatic N) is 4. The average Bonchev–Trinajstić information content (AvgIpc) is 2.62. The molecule has 0 aliphatic carbocycles. The first kappa shape index (κ1) is 19.2. The minimum absolute atomic E-state index is 0.211. The molecule has 1 aromatic carbocycles. The van der Waals surface area contributed by atoms with Gasteiger partial charge >= 0.3 is 0 Å². The van der Waals surface area contributed by atoms with E-state index in [1.54, 1.807) is 35.4 Å². The van der Waals surface area contributed by atoms with Crippen molar-refractivity contribution in [1.82, 2.24) is 9.97 Å². The Balaban J connectivity index is 1.90. The molecule has 0 saturated carbocycles. The molecule has 0 radical (unpaired) electrons. The highest BCUT2D eigenvalue weighted by Crippen LogP contribution is 2.27. The minimum Gasteiger partial charge on any atom is -0.361 e. The number of halogens is 1. The van der Waals surface area contributed by atoms with E-state index in [2.05, 4.69) is 42.2 Å². The van der Waals surface area contributed by atoms with Crippen molar-refractivity contribution in [3.05, 3.63) is 34.0 Å². The molecule has 2 heterocycles. The maximum Gasteiger partial charge on any atom is 0.262 e. The fourth-order valence-corrected chi connectivity index (χ4v) is 4.25. The van der Waals surface area contributed by atoms with Crippen molar-refractivity contribution in [2.24, 2.45) is 0 Å². The van der Waals surface area contributed by atoms with Gasteiger partial charge in [0.1, 0.15) is 5.69 Å². The van der Waals surface area contributed by atoms with Crippen molar-refractivity contribution in [2.45, 2.75) is 24.2 Å². The zero-order valence-corrected chi connectivity index (χ0v) is 17.8. The van der Waals surface area contributed by atoms with E-state index in [4.69, 9.17) is 0 Å². The number of anilines is 3. The topological polar surface area (TPSA) is 78.4 Å². The fourth-order valence-electron chi connectivity index (χ4n) is 2.84. The Labute approximate surface area is 168 Å². The molecule has 1 aliphatic rings. The first-order valence-electron chi connectivity index (χ1n) is 8.44. The van der Waals surface area contributed by atoms with Gasteiger partial charge in [-0.3, -0.25) is 4.72 Å². The molecular formula is C17H22IN5O2S. The van der Waals surface area contributed by atoms with Gasteiger partial charge < -0.3 is 9.80 Å². The quantitative estimate of drug-likeness (QED) is 0.654. The van der Waals surface area contributed by atoms with Gasteiger partial charge in [-0.1, -0.05) is 0 Å². The Morgan fingerprint density at radius 1 is 1.12 bits per heavy atom. The van der Waals surface area contributed by atoms with Crippen LogP contribution >= 0.6 is 22.6 Å². The first-order chi connectivity index (χ1) is 12.4. The molecule has 9 heteroatoms. The molecule has 1 fully saturated rings. The Morgan fingerprint density at radius 3 is 2.38 bits per heavy atom. The van der Waals surface area contributed by atoms with Crippen LogP contribution in [0.3, 0.4) is 0 Å². The third kappa shape index (κ3) is 4.37. The Kier molecular flexibility index (Phi) is 5.86. The number of aromatic nitrogens is 2. The highest BCUT2D eigenvalue weighted by molar-refractivity contribution is 14.1. The summed E-state index contributed by atoms with van der Waals surface area (Å²) >= 11 is 2.14. The van der Waals surface area contributed by atoms with Crippen LogP contribution in [0.25, 0.3) is 0 Å². The maximum atomic E-state index is 12.7. The van der Waals surface area contributed by atoms with Gasteiger partial charge in [-0.05, 0) is 66.1 Å². The molecule has 2 aromatic rings. The van der Waals surface area contributed by atoms with Crippen LogP contribution in [0.15, 0.2) is 35.4 Å². The Hall–Kier alpha value is -1.62. The van der Waals surface area contributed by atoms with E-state index < -0.39 is 10.0 Å². The SMILES string of the molecule is CN(C)c1nc(N2CCCCC2)ncc1NS(=O)(=O)c1ccc(I)cc1. The van der Waals surface area contributed by atoms with E-state index in [-0.39, 0.29) is 4.90 Å². The van der Waals surface area contributed by atoms with Gasteiger partial charge in [0.2, 0.25) is 5.95 Å². The maximum absolute atomic E-state index is 12.7.